The monoisotopic (exact) mass is 418 g/mol. The van der Waals surface area contributed by atoms with E-state index in [1.165, 1.54) is 4.31 Å². The zero-order valence-electron chi connectivity index (χ0n) is 14.8. The van der Waals surface area contributed by atoms with Crippen LogP contribution in [0.5, 0.6) is 0 Å². The lowest BCUT2D eigenvalue weighted by Gasteiger charge is -2.13. The summed E-state index contributed by atoms with van der Waals surface area (Å²) in [7, 11) is -3.46. The third-order valence-corrected chi connectivity index (χ3v) is 8.08. The lowest BCUT2D eigenvalue weighted by molar-refractivity contribution is 0.0947. The zero-order chi connectivity index (χ0) is 19.7. The Morgan fingerprint density at radius 3 is 2.61 bits per heavy atom. The Hall–Kier alpha value is -2.56. The highest BCUT2D eigenvalue weighted by molar-refractivity contribution is 7.91. The molecule has 146 valence electrons. The van der Waals surface area contributed by atoms with Gasteiger partial charge in [0.15, 0.2) is 5.69 Å². The van der Waals surface area contributed by atoms with Crippen molar-refractivity contribution in [2.45, 2.75) is 23.6 Å². The molecule has 1 aromatic carbocycles. The van der Waals surface area contributed by atoms with Crippen LogP contribution in [-0.4, -0.2) is 41.9 Å². The Labute approximate surface area is 165 Å². The van der Waals surface area contributed by atoms with E-state index < -0.39 is 15.9 Å². The molecule has 3 heterocycles. The highest BCUT2D eigenvalue weighted by atomic mass is 32.2. The number of aromatic nitrogens is 2. The van der Waals surface area contributed by atoms with E-state index in [-0.39, 0.29) is 22.0 Å². The number of H-pyrrole nitrogens is 1. The molecule has 0 bridgehead atoms. The summed E-state index contributed by atoms with van der Waals surface area (Å²) in [4.78, 5) is 25.1. The molecule has 10 heteroatoms. The molecule has 0 unspecified atom stereocenters. The van der Waals surface area contributed by atoms with Gasteiger partial charge in [0.2, 0.25) is 0 Å². The van der Waals surface area contributed by atoms with Gasteiger partial charge in [0.1, 0.15) is 4.21 Å². The summed E-state index contributed by atoms with van der Waals surface area (Å²) in [6.07, 6.45) is 1.77. The Kier molecular flexibility index (Phi) is 5.00. The van der Waals surface area contributed by atoms with Gasteiger partial charge >= 0.3 is 0 Å². The van der Waals surface area contributed by atoms with Gasteiger partial charge in [0, 0.05) is 23.4 Å². The maximum absolute atomic E-state index is 12.6. The molecule has 1 saturated heterocycles. The minimum atomic E-state index is -3.46. The Bertz CT molecular complexity index is 1190. The van der Waals surface area contributed by atoms with Crippen molar-refractivity contribution in [3.63, 3.8) is 0 Å². The van der Waals surface area contributed by atoms with Crippen molar-refractivity contribution in [2.24, 2.45) is 0 Å². The molecule has 0 atom stereocenters. The molecular weight excluding hydrogens is 400 g/mol. The van der Waals surface area contributed by atoms with Gasteiger partial charge in [-0.15, -0.1) is 11.3 Å². The van der Waals surface area contributed by atoms with Crippen LogP contribution in [0.3, 0.4) is 0 Å². The van der Waals surface area contributed by atoms with E-state index >= 15 is 0 Å². The summed E-state index contributed by atoms with van der Waals surface area (Å²) in [5.74, 6) is -0.440. The zero-order valence-corrected chi connectivity index (χ0v) is 16.5. The number of fused-ring (bicyclic) bond motifs is 1. The lowest BCUT2D eigenvalue weighted by Crippen LogP contribution is -2.27. The number of carbonyl (C=O) groups is 1. The first-order valence-corrected chi connectivity index (χ1v) is 11.1. The van der Waals surface area contributed by atoms with Gasteiger partial charge < -0.3 is 5.32 Å². The summed E-state index contributed by atoms with van der Waals surface area (Å²) in [6.45, 7) is 1.28. The number of nitrogens with one attached hydrogen (secondary N) is 2. The Balaban J connectivity index is 1.50. The van der Waals surface area contributed by atoms with Crippen LogP contribution in [-0.2, 0) is 16.6 Å². The minimum Gasteiger partial charge on any atom is -0.346 e. The summed E-state index contributed by atoms with van der Waals surface area (Å²) < 4.78 is 27.0. The highest BCUT2D eigenvalue weighted by Gasteiger charge is 2.28. The van der Waals surface area contributed by atoms with Crippen molar-refractivity contribution in [2.75, 3.05) is 13.1 Å². The fourth-order valence-corrected chi connectivity index (χ4v) is 6.15. The summed E-state index contributed by atoms with van der Waals surface area (Å²) >= 11 is 1.15. The minimum absolute atomic E-state index is 0.122. The second-order valence-corrected chi connectivity index (χ2v) is 9.79. The molecule has 1 aliphatic heterocycles. The van der Waals surface area contributed by atoms with E-state index in [9.17, 15) is 18.0 Å². The van der Waals surface area contributed by atoms with Crippen molar-refractivity contribution < 1.29 is 13.2 Å². The summed E-state index contributed by atoms with van der Waals surface area (Å²) in [5, 5.41) is 9.79. The third kappa shape index (κ3) is 3.46. The van der Waals surface area contributed by atoms with Gasteiger partial charge in [0.05, 0.1) is 11.9 Å². The van der Waals surface area contributed by atoms with Gasteiger partial charge in [-0.25, -0.2) is 13.5 Å². The number of benzene rings is 1. The van der Waals surface area contributed by atoms with Gasteiger partial charge in [-0.2, -0.15) is 9.40 Å². The fraction of sp³-hybridized carbons (Fsp3) is 0.278. The molecule has 1 fully saturated rings. The van der Waals surface area contributed by atoms with E-state index in [1.54, 1.807) is 36.4 Å². The van der Waals surface area contributed by atoms with Crippen molar-refractivity contribution in [3.05, 3.63) is 57.3 Å². The highest BCUT2D eigenvalue weighted by Crippen LogP contribution is 2.27. The van der Waals surface area contributed by atoms with Gasteiger partial charge in [-0.1, -0.05) is 18.2 Å². The van der Waals surface area contributed by atoms with Crippen LogP contribution in [0.4, 0.5) is 0 Å². The van der Waals surface area contributed by atoms with E-state index in [0.29, 0.717) is 23.9 Å². The summed E-state index contributed by atoms with van der Waals surface area (Å²) in [5.41, 5.74) is -0.237. The van der Waals surface area contributed by atoms with Crippen LogP contribution in [0.2, 0.25) is 0 Å². The molecule has 4 rings (SSSR count). The predicted octanol–water partition coefficient (Wildman–Crippen LogP) is 1.70. The molecule has 1 aliphatic rings. The maximum Gasteiger partial charge on any atom is 0.272 e. The molecule has 2 N–H and O–H groups in total. The van der Waals surface area contributed by atoms with Crippen LogP contribution in [0, 0.1) is 0 Å². The molecule has 0 saturated carbocycles. The van der Waals surface area contributed by atoms with E-state index in [4.69, 9.17) is 0 Å². The van der Waals surface area contributed by atoms with Crippen LogP contribution in [0.15, 0.2) is 45.4 Å². The molecule has 28 heavy (non-hydrogen) atoms. The number of aromatic amines is 1. The molecular formula is C18H18N4O4S2. The number of hydrogen-bond donors (Lipinski definition) is 2. The number of thiophene rings is 1. The third-order valence-electron chi connectivity index (χ3n) is 4.63. The molecule has 1 amide bonds. The average Bonchev–Trinajstić information content (AvgIpc) is 3.39. The van der Waals surface area contributed by atoms with Crippen LogP contribution in [0.25, 0.3) is 10.8 Å². The second kappa shape index (κ2) is 7.46. The van der Waals surface area contributed by atoms with Gasteiger partial charge in [0.25, 0.3) is 21.5 Å². The fourth-order valence-electron chi connectivity index (χ4n) is 3.19. The average molecular weight is 419 g/mol. The predicted molar refractivity (Wildman–Crippen MR) is 106 cm³/mol. The van der Waals surface area contributed by atoms with E-state index in [0.717, 1.165) is 29.1 Å². The van der Waals surface area contributed by atoms with Crippen molar-refractivity contribution in [1.29, 1.82) is 0 Å². The van der Waals surface area contributed by atoms with E-state index in [2.05, 4.69) is 15.5 Å². The van der Waals surface area contributed by atoms with Gasteiger partial charge in [-0.05, 0) is 31.0 Å². The van der Waals surface area contributed by atoms with E-state index in [1.807, 2.05) is 0 Å². The number of carbonyl (C=O) groups excluding carboxylic acids is 1. The maximum atomic E-state index is 12.6. The second-order valence-electron chi connectivity index (χ2n) is 6.46. The first kappa shape index (κ1) is 18.8. The number of hydrogen-bond acceptors (Lipinski definition) is 6. The van der Waals surface area contributed by atoms with Gasteiger partial charge in [-0.3, -0.25) is 9.59 Å². The number of nitrogens with zero attached hydrogens (tertiary/aromatic N) is 2. The van der Waals surface area contributed by atoms with Crippen LogP contribution in [0.1, 0.15) is 28.2 Å². The molecule has 0 aliphatic carbocycles. The topological polar surface area (TPSA) is 112 Å². The van der Waals surface area contributed by atoms with Crippen molar-refractivity contribution in [3.8, 4) is 0 Å². The first-order chi connectivity index (χ1) is 13.5. The SMILES string of the molecule is O=C(NCc1ccc(S(=O)(=O)N2CCCC2)s1)c1n[nH]c(=O)c2ccccc12. The first-order valence-electron chi connectivity index (χ1n) is 8.81. The largest absolute Gasteiger partial charge is 0.346 e. The smallest absolute Gasteiger partial charge is 0.272 e. The lowest BCUT2D eigenvalue weighted by atomic mass is 10.1. The quantitative estimate of drug-likeness (QED) is 0.655. The van der Waals surface area contributed by atoms with Crippen molar-refractivity contribution in [1.82, 2.24) is 19.8 Å². The number of amides is 1. The molecule has 0 spiro atoms. The number of rotatable bonds is 5. The van der Waals surface area contributed by atoms with Crippen molar-refractivity contribution >= 4 is 38.0 Å². The molecule has 2 aromatic heterocycles. The molecule has 8 nitrogen and oxygen atoms in total. The summed E-state index contributed by atoms with van der Waals surface area (Å²) in [6, 6.07) is 10.0. The standard InChI is InChI=1S/C18H18N4O4S2/c23-17-14-6-2-1-5-13(14)16(20-21-17)18(24)19-11-12-7-8-15(27-12)28(25,26)22-9-3-4-10-22/h1-2,5-8H,3-4,9-11H2,(H,19,24)(H,21,23). The Morgan fingerprint density at radius 1 is 1.14 bits per heavy atom. The number of sulfonamides is 1. The molecule has 3 aromatic rings. The normalized spacial score (nSPS) is 15.1. The van der Waals surface area contributed by atoms with Crippen LogP contribution < -0.4 is 10.9 Å². The Morgan fingerprint density at radius 2 is 1.86 bits per heavy atom. The molecule has 0 radical (unpaired) electrons. The van der Waals surface area contributed by atoms with Crippen LogP contribution >= 0.6 is 11.3 Å².